The van der Waals surface area contributed by atoms with E-state index < -0.39 is 0 Å². The standard InChI is InChI=1S/C11H6I2O/c12-10-4-2-8-5-7(6-14)1-3-9(8)11(10)13/h1-6H. The minimum atomic E-state index is 0.731. The lowest BCUT2D eigenvalue weighted by Crippen LogP contribution is -1.85. The zero-order chi connectivity index (χ0) is 10.1. The van der Waals surface area contributed by atoms with Crippen LogP contribution >= 0.6 is 45.2 Å². The summed E-state index contributed by atoms with van der Waals surface area (Å²) in [5.41, 5.74) is 0.731. The van der Waals surface area contributed by atoms with Crippen molar-refractivity contribution in [3.8, 4) is 0 Å². The van der Waals surface area contributed by atoms with Crippen LogP contribution in [0.4, 0.5) is 0 Å². The van der Waals surface area contributed by atoms with Gasteiger partial charge in [0, 0.05) is 12.7 Å². The normalized spacial score (nSPS) is 10.4. The van der Waals surface area contributed by atoms with Gasteiger partial charge in [0.25, 0.3) is 0 Å². The summed E-state index contributed by atoms with van der Waals surface area (Å²) >= 11 is 4.64. The molecular formula is C11H6I2O. The third kappa shape index (κ3) is 1.79. The molecular weight excluding hydrogens is 402 g/mol. The van der Waals surface area contributed by atoms with Crippen molar-refractivity contribution in [1.29, 1.82) is 0 Å². The van der Waals surface area contributed by atoms with Gasteiger partial charge in [-0.15, -0.1) is 0 Å². The molecule has 0 N–H and O–H groups in total. The van der Waals surface area contributed by atoms with Crippen molar-refractivity contribution in [3.63, 3.8) is 0 Å². The van der Waals surface area contributed by atoms with Crippen molar-refractivity contribution in [2.75, 3.05) is 0 Å². The second-order valence-electron chi connectivity index (χ2n) is 2.96. The second-order valence-corrected chi connectivity index (χ2v) is 5.20. The van der Waals surface area contributed by atoms with Crippen molar-refractivity contribution in [2.45, 2.75) is 0 Å². The summed E-state index contributed by atoms with van der Waals surface area (Å²) in [6.07, 6.45) is 0.879. The summed E-state index contributed by atoms with van der Waals surface area (Å²) in [6, 6.07) is 9.89. The molecule has 0 radical (unpaired) electrons. The second kappa shape index (κ2) is 4.14. The maximum Gasteiger partial charge on any atom is 0.150 e. The molecule has 0 aliphatic rings. The lowest BCUT2D eigenvalue weighted by Gasteiger charge is -2.03. The Bertz CT molecular complexity index is 506. The molecule has 0 amide bonds. The van der Waals surface area contributed by atoms with E-state index in [0.29, 0.717) is 0 Å². The van der Waals surface area contributed by atoms with Crippen molar-refractivity contribution < 1.29 is 4.79 Å². The molecule has 0 heterocycles. The van der Waals surface area contributed by atoms with E-state index >= 15 is 0 Å². The lowest BCUT2D eigenvalue weighted by molar-refractivity contribution is 0.112. The number of halogens is 2. The molecule has 0 unspecified atom stereocenters. The summed E-state index contributed by atoms with van der Waals surface area (Å²) < 4.78 is 2.49. The van der Waals surface area contributed by atoms with Crippen molar-refractivity contribution >= 4 is 62.2 Å². The molecule has 0 aliphatic heterocycles. The van der Waals surface area contributed by atoms with Crippen molar-refractivity contribution in [3.05, 3.63) is 43.0 Å². The lowest BCUT2D eigenvalue weighted by atomic mass is 10.1. The highest BCUT2D eigenvalue weighted by molar-refractivity contribution is 14.1. The van der Waals surface area contributed by atoms with E-state index in [1.807, 2.05) is 24.3 Å². The van der Waals surface area contributed by atoms with E-state index in [1.165, 1.54) is 12.5 Å². The maximum absolute atomic E-state index is 10.6. The zero-order valence-electron chi connectivity index (χ0n) is 7.13. The highest BCUT2D eigenvalue weighted by Gasteiger charge is 2.02. The molecule has 3 heteroatoms. The van der Waals surface area contributed by atoms with Gasteiger partial charge in [-0.05, 0) is 68.1 Å². The molecule has 2 rings (SSSR count). The minimum Gasteiger partial charge on any atom is -0.298 e. The first kappa shape index (κ1) is 10.4. The molecule has 70 valence electrons. The molecule has 0 atom stereocenters. The summed E-state index contributed by atoms with van der Waals surface area (Å²) in [7, 11) is 0. The van der Waals surface area contributed by atoms with Gasteiger partial charge in [-0.25, -0.2) is 0 Å². The van der Waals surface area contributed by atoms with Gasteiger partial charge in [0.05, 0.1) is 0 Å². The Morgan fingerprint density at radius 1 is 1.07 bits per heavy atom. The third-order valence-electron chi connectivity index (χ3n) is 2.07. The number of benzene rings is 2. The number of rotatable bonds is 1. The van der Waals surface area contributed by atoms with Gasteiger partial charge in [-0.1, -0.05) is 18.2 Å². The molecule has 0 spiro atoms. The van der Waals surface area contributed by atoms with Gasteiger partial charge in [-0.3, -0.25) is 4.79 Å². The molecule has 14 heavy (non-hydrogen) atoms. The Hall–Kier alpha value is -0.170. The van der Waals surface area contributed by atoms with Gasteiger partial charge < -0.3 is 0 Å². The number of carbonyl (C=O) groups is 1. The Labute approximate surface area is 109 Å². The highest BCUT2D eigenvalue weighted by atomic mass is 127. The first-order valence-electron chi connectivity index (χ1n) is 4.05. The van der Waals surface area contributed by atoms with Crippen LogP contribution in [-0.2, 0) is 0 Å². The highest BCUT2D eigenvalue weighted by Crippen LogP contribution is 2.25. The van der Waals surface area contributed by atoms with Crippen LogP contribution in [0.3, 0.4) is 0 Å². The van der Waals surface area contributed by atoms with Crippen LogP contribution in [0.5, 0.6) is 0 Å². The largest absolute Gasteiger partial charge is 0.298 e. The van der Waals surface area contributed by atoms with Crippen LogP contribution in [0.15, 0.2) is 30.3 Å². The van der Waals surface area contributed by atoms with E-state index in [4.69, 9.17) is 0 Å². The molecule has 2 aromatic carbocycles. The van der Waals surface area contributed by atoms with Crippen LogP contribution in [0.2, 0.25) is 0 Å². The van der Waals surface area contributed by atoms with Crippen LogP contribution in [-0.4, -0.2) is 6.29 Å². The molecule has 0 fully saturated rings. The zero-order valence-corrected chi connectivity index (χ0v) is 11.4. The fraction of sp³-hybridized carbons (Fsp3) is 0. The molecule has 2 aromatic rings. The Morgan fingerprint density at radius 3 is 2.57 bits per heavy atom. The molecule has 0 aliphatic carbocycles. The first-order valence-corrected chi connectivity index (χ1v) is 6.21. The molecule has 0 bridgehead atoms. The minimum absolute atomic E-state index is 0.731. The number of hydrogen-bond acceptors (Lipinski definition) is 1. The smallest absolute Gasteiger partial charge is 0.150 e. The summed E-state index contributed by atoms with van der Waals surface area (Å²) in [4.78, 5) is 10.6. The van der Waals surface area contributed by atoms with Crippen molar-refractivity contribution in [1.82, 2.24) is 0 Å². The van der Waals surface area contributed by atoms with E-state index in [9.17, 15) is 4.79 Å². The van der Waals surface area contributed by atoms with Crippen LogP contribution in [0.1, 0.15) is 10.4 Å². The van der Waals surface area contributed by atoms with Gasteiger partial charge in [0.1, 0.15) is 6.29 Å². The Balaban J connectivity index is 2.81. The molecule has 0 saturated carbocycles. The van der Waals surface area contributed by atoms with E-state index in [0.717, 1.165) is 17.2 Å². The maximum atomic E-state index is 10.6. The van der Waals surface area contributed by atoms with E-state index in [2.05, 4.69) is 51.2 Å². The fourth-order valence-electron chi connectivity index (χ4n) is 1.36. The number of carbonyl (C=O) groups excluding carboxylic acids is 1. The predicted octanol–water partition coefficient (Wildman–Crippen LogP) is 3.86. The van der Waals surface area contributed by atoms with Gasteiger partial charge >= 0.3 is 0 Å². The topological polar surface area (TPSA) is 17.1 Å². The number of fused-ring (bicyclic) bond motifs is 1. The summed E-state index contributed by atoms with van der Waals surface area (Å²) in [6.45, 7) is 0. The average Bonchev–Trinajstić information content (AvgIpc) is 2.23. The monoisotopic (exact) mass is 408 g/mol. The third-order valence-corrected chi connectivity index (χ3v) is 5.16. The summed E-state index contributed by atoms with van der Waals surface area (Å²) in [5.74, 6) is 0. The Kier molecular flexibility index (Phi) is 3.06. The Morgan fingerprint density at radius 2 is 1.86 bits per heavy atom. The molecule has 1 nitrogen and oxygen atoms in total. The average molecular weight is 408 g/mol. The first-order chi connectivity index (χ1) is 6.72. The van der Waals surface area contributed by atoms with E-state index in [-0.39, 0.29) is 0 Å². The van der Waals surface area contributed by atoms with Gasteiger partial charge in [0.15, 0.2) is 0 Å². The predicted molar refractivity (Wildman–Crippen MR) is 74.8 cm³/mol. The number of hydrogen-bond donors (Lipinski definition) is 0. The SMILES string of the molecule is O=Cc1ccc2c(I)c(I)ccc2c1. The van der Waals surface area contributed by atoms with E-state index in [1.54, 1.807) is 0 Å². The van der Waals surface area contributed by atoms with Crippen LogP contribution in [0.25, 0.3) is 10.8 Å². The van der Waals surface area contributed by atoms with Crippen molar-refractivity contribution in [2.24, 2.45) is 0 Å². The quantitative estimate of drug-likeness (QED) is 0.518. The summed E-state index contributed by atoms with van der Waals surface area (Å²) in [5, 5.41) is 2.34. The van der Waals surface area contributed by atoms with Gasteiger partial charge in [0.2, 0.25) is 0 Å². The fourth-order valence-corrected chi connectivity index (χ4v) is 2.50. The van der Waals surface area contributed by atoms with Crippen LogP contribution < -0.4 is 0 Å². The number of aldehydes is 1. The molecule has 0 saturated heterocycles. The van der Waals surface area contributed by atoms with Crippen LogP contribution in [0, 0.1) is 7.14 Å². The van der Waals surface area contributed by atoms with Gasteiger partial charge in [-0.2, -0.15) is 0 Å². The molecule has 0 aromatic heterocycles.